The topological polar surface area (TPSA) is 156 Å². The number of aliphatic hydroxyl groups is 1. The Morgan fingerprint density at radius 1 is 0.773 bits per heavy atom. The van der Waals surface area contributed by atoms with Crippen molar-refractivity contribution in [3.8, 4) is 0 Å². The van der Waals surface area contributed by atoms with Crippen molar-refractivity contribution in [2.24, 2.45) is 11.8 Å². The summed E-state index contributed by atoms with van der Waals surface area (Å²) < 4.78 is 75.6. The first kappa shape index (κ1) is 57.5. The second-order valence-electron chi connectivity index (χ2n) is 26.8. The molecular formula is C59H92O14Si2. The van der Waals surface area contributed by atoms with Crippen molar-refractivity contribution in [3.63, 3.8) is 0 Å². The van der Waals surface area contributed by atoms with Crippen molar-refractivity contribution >= 4 is 28.4 Å². The van der Waals surface area contributed by atoms with Crippen molar-refractivity contribution in [2.75, 3.05) is 13.7 Å². The van der Waals surface area contributed by atoms with E-state index < -0.39 is 58.9 Å². The molecular weight excluding hydrogens is 989 g/mol. The summed E-state index contributed by atoms with van der Waals surface area (Å²) >= 11 is 0. The van der Waals surface area contributed by atoms with Crippen molar-refractivity contribution < 1.29 is 66.2 Å². The number of rotatable bonds is 10. The fraction of sp³-hybridized carbons (Fsp3) is 0.797. The summed E-state index contributed by atoms with van der Waals surface area (Å²) in [6, 6.07) is 8.96. The Balaban J connectivity index is 1.00. The first-order chi connectivity index (χ1) is 35.2. The van der Waals surface area contributed by atoms with Crippen LogP contribution in [-0.4, -0.2) is 151 Å². The molecule has 1 aromatic carbocycles. The summed E-state index contributed by atoms with van der Waals surface area (Å²) in [5.41, 5.74) is 2.03. The molecule has 1 N–H and O–H groups in total. The van der Waals surface area contributed by atoms with E-state index >= 15 is 0 Å². The highest BCUT2D eigenvalue weighted by molar-refractivity contribution is 6.74. The molecule has 10 bridgehead atoms. The van der Waals surface area contributed by atoms with Gasteiger partial charge in [-0.3, -0.25) is 4.79 Å². The summed E-state index contributed by atoms with van der Waals surface area (Å²) in [6.45, 7) is 34.3. The summed E-state index contributed by atoms with van der Waals surface area (Å²) in [4.78, 5) is 28.4. The molecule has 1 spiro atoms. The number of carbonyl (C=O) groups excluding carboxylic acids is 2. The molecule has 0 aromatic heterocycles. The van der Waals surface area contributed by atoms with E-state index in [0.717, 1.165) is 12.0 Å². The third kappa shape index (κ3) is 12.4. The Labute approximate surface area is 450 Å². The Morgan fingerprint density at radius 2 is 1.45 bits per heavy atom. The minimum atomic E-state index is -2.28. The van der Waals surface area contributed by atoms with Gasteiger partial charge in [-0.1, -0.05) is 79.8 Å². The predicted molar refractivity (Wildman–Crippen MR) is 289 cm³/mol. The smallest absolute Gasteiger partial charge is 0.338 e. The largest absolute Gasteiger partial charge is 0.458 e. The molecule has 75 heavy (non-hydrogen) atoms. The third-order valence-electron chi connectivity index (χ3n) is 19.4. The van der Waals surface area contributed by atoms with E-state index in [4.69, 9.17) is 51.5 Å². The van der Waals surface area contributed by atoms with Gasteiger partial charge in [0.1, 0.15) is 42.4 Å². The van der Waals surface area contributed by atoms with Gasteiger partial charge in [0.25, 0.3) is 0 Å². The average Bonchev–Trinajstić information content (AvgIpc) is 3.90. The molecule has 0 aliphatic carbocycles. The SMILES string of the molecule is C=C1C[C@@H](OC(=O)c2ccccc2)CC[C@@]23CC4O[C@H]5C(O2)[C@H]2O[C@H](CCC2O[C@H]5C4O3)CC(=O)CC2C(C[C@H]3OC(CCC1O)CC(C)C3=C)O[C@H](CC(CO[Si](C)(C)C(C)(C)C)O[Si](C)(C)C(C)(C)C)[C@@H]2OC. The molecule has 0 saturated carbocycles. The molecule has 0 radical (unpaired) electrons. The number of methoxy groups -OCH3 is 1. The summed E-state index contributed by atoms with van der Waals surface area (Å²) in [6.07, 6.45) is 0.0300. The zero-order valence-corrected chi connectivity index (χ0v) is 49.3. The lowest BCUT2D eigenvalue weighted by atomic mass is 9.81. The molecule has 9 heterocycles. The van der Waals surface area contributed by atoms with Crippen LogP contribution in [0.1, 0.15) is 142 Å². The highest BCUT2D eigenvalue weighted by Gasteiger charge is 2.69. The fourth-order valence-electron chi connectivity index (χ4n) is 12.8. The van der Waals surface area contributed by atoms with Gasteiger partial charge in [0.05, 0.1) is 73.2 Å². The van der Waals surface area contributed by atoms with Crippen LogP contribution in [0.4, 0.5) is 0 Å². The van der Waals surface area contributed by atoms with Crippen LogP contribution in [0.5, 0.6) is 0 Å². The van der Waals surface area contributed by atoms with Gasteiger partial charge >= 0.3 is 5.97 Å². The van der Waals surface area contributed by atoms with E-state index in [-0.39, 0.29) is 114 Å². The maximum Gasteiger partial charge on any atom is 0.338 e. The number of hydrogen-bond acceptors (Lipinski definition) is 14. The molecule has 420 valence electrons. The lowest BCUT2D eigenvalue weighted by Gasteiger charge is -2.47. The van der Waals surface area contributed by atoms with Gasteiger partial charge in [0.2, 0.25) is 0 Å². The van der Waals surface area contributed by atoms with Crippen LogP contribution in [0, 0.1) is 11.8 Å². The van der Waals surface area contributed by atoms with Gasteiger partial charge in [0, 0.05) is 58.0 Å². The van der Waals surface area contributed by atoms with E-state index in [1.165, 1.54) is 0 Å². The zero-order valence-electron chi connectivity index (χ0n) is 47.3. The Hall–Kier alpha value is -2.17. The monoisotopic (exact) mass is 1080 g/mol. The van der Waals surface area contributed by atoms with Crippen LogP contribution in [0.25, 0.3) is 0 Å². The lowest BCUT2D eigenvalue weighted by molar-refractivity contribution is -0.292. The molecule has 10 unspecified atom stereocenters. The van der Waals surface area contributed by atoms with E-state index in [9.17, 15) is 14.7 Å². The summed E-state index contributed by atoms with van der Waals surface area (Å²) in [5, 5.41) is 11.8. The quantitative estimate of drug-likeness (QED) is 0.134. The molecule has 16 heteroatoms. The van der Waals surface area contributed by atoms with Gasteiger partial charge in [-0.15, -0.1) is 0 Å². The molecule has 9 fully saturated rings. The number of hydrogen-bond donors (Lipinski definition) is 1. The molecule has 10 rings (SSSR count). The molecule has 14 nitrogen and oxygen atoms in total. The molecule has 0 amide bonds. The lowest BCUT2D eigenvalue weighted by Crippen LogP contribution is -2.61. The number of ketones is 1. The normalized spacial score (nSPS) is 40.4. The van der Waals surface area contributed by atoms with E-state index in [1.807, 2.05) is 18.2 Å². The van der Waals surface area contributed by atoms with Crippen LogP contribution in [0.2, 0.25) is 36.3 Å². The van der Waals surface area contributed by atoms with Crippen molar-refractivity contribution in [1.29, 1.82) is 0 Å². The number of ether oxygens (including phenoxy) is 9. The van der Waals surface area contributed by atoms with E-state index in [0.29, 0.717) is 75.5 Å². The third-order valence-corrected chi connectivity index (χ3v) is 28.4. The second-order valence-corrected chi connectivity index (χ2v) is 36.3. The van der Waals surface area contributed by atoms with Gasteiger partial charge in [-0.25, -0.2) is 4.79 Å². The highest BCUT2D eigenvalue weighted by atomic mass is 28.4. The summed E-state index contributed by atoms with van der Waals surface area (Å²) in [7, 11) is -2.69. The first-order valence-corrected chi connectivity index (χ1v) is 34.3. The maximum absolute atomic E-state index is 14.8. The summed E-state index contributed by atoms with van der Waals surface area (Å²) in [5.74, 6) is -1.52. The predicted octanol–water partition coefficient (Wildman–Crippen LogP) is 10.3. The van der Waals surface area contributed by atoms with Gasteiger partial charge in [-0.2, -0.15) is 0 Å². The second kappa shape index (κ2) is 22.4. The number of esters is 1. The van der Waals surface area contributed by atoms with Crippen LogP contribution < -0.4 is 0 Å². The number of benzene rings is 1. The number of Topliss-reactive ketones (excluding diaryl/α,β-unsaturated/α-hetero) is 1. The molecule has 9 saturated heterocycles. The Morgan fingerprint density at radius 3 is 2.16 bits per heavy atom. The zero-order chi connectivity index (χ0) is 54.0. The van der Waals surface area contributed by atoms with Crippen LogP contribution in [0.3, 0.4) is 0 Å². The average molecular weight is 1080 g/mol. The van der Waals surface area contributed by atoms with Crippen molar-refractivity contribution in [1.82, 2.24) is 0 Å². The van der Waals surface area contributed by atoms with Gasteiger partial charge < -0.3 is 56.6 Å². The molecule has 9 aliphatic rings. The van der Waals surface area contributed by atoms with Crippen molar-refractivity contribution in [3.05, 3.63) is 60.2 Å². The first-order valence-electron chi connectivity index (χ1n) is 28.5. The standard InChI is InChI=1S/C59H92O14Si2/c1-34-26-39-20-22-44(61)35(2)27-41(67-56(62)37-18-16-15-17-19-37)24-25-59-32-49-52(71-59)53-54(70-49)55(72-59)51-45(69-53)23-21-40(66-51)28-38(60)29-43-47(31-46(65-39)36(34)3)68-48(50(43)63-10)30-42(73-75(13,14)58(7,8)9)33-64-74(11,12)57(4,5)6/h15-19,34,39-55,61H,2-3,20-33H2,1,4-14H3/t34?,39?,40-,41+,42?,43?,44?,45?,46-,47?,48-,49?,50-,51+,52?,53+,54-,55?,59+/m1/s1. The molecule has 9 aliphatic heterocycles. The number of aliphatic hydroxyl groups excluding tert-OH is 1. The fourth-order valence-corrected chi connectivity index (χ4v) is 15.2. The molecule has 1 aromatic rings. The number of fused-ring (bicyclic) bond motifs is 4. The minimum absolute atomic E-state index is 0.0201. The van der Waals surface area contributed by atoms with Gasteiger partial charge in [-0.05, 0) is 104 Å². The molecule has 19 atom stereocenters. The van der Waals surface area contributed by atoms with Crippen LogP contribution >= 0.6 is 0 Å². The highest BCUT2D eigenvalue weighted by Crippen LogP contribution is 2.54. The Bertz CT molecular complexity index is 2190. The van der Waals surface area contributed by atoms with Crippen molar-refractivity contribution in [2.45, 2.75) is 272 Å². The Kier molecular flexibility index (Phi) is 17.2. The number of carbonyl (C=O) groups is 2. The maximum atomic E-state index is 14.8. The van der Waals surface area contributed by atoms with Crippen LogP contribution in [-0.2, 0) is 56.3 Å². The van der Waals surface area contributed by atoms with Gasteiger partial charge in [0.15, 0.2) is 22.4 Å². The minimum Gasteiger partial charge on any atom is -0.458 e. The van der Waals surface area contributed by atoms with Crippen LogP contribution in [0.15, 0.2) is 54.6 Å². The van der Waals surface area contributed by atoms with E-state index in [2.05, 4.69) is 87.8 Å². The van der Waals surface area contributed by atoms with E-state index in [1.54, 1.807) is 19.2 Å².